The van der Waals surface area contributed by atoms with Crippen LogP contribution in [0.4, 0.5) is 0 Å². The van der Waals surface area contributed by atoms with Gasteiger partial charge < -0.3 is 15.3 Å². The first-order valence-corrected chi connectivity index (χ1v) is 9.21. The summed E-state index contributed by atoms with van der Waals surface area (Å²) in [4.78, 5) is 19.9. The van der Waals surface area contributed by atoms with Crippen molar-refractivity contribution >= 4 is 10.9 Å². The number of aromatic nitrogens is 3. The molecule has 6 heteroatoms. The van der Waals surface area contributed by atoms with Crippen molar-refractivity contribution in [1.29, 1.82) is 0 Å². The molecule has 0 radical (unpaired) electrons. The highest BCUT2D eigenvalue weighted by Gasteiger charge is 2.22. The largest absolute Gasteiger partial charge is 0.492 e. The summed E-state index contributed by atoms with van der Waals surface area (Å²) in [6, 6.07) is 7.80. The Morgan fingerprint density at radius 3 is 2.77 bits per heavy atom. The molecule has 1 fully saturated rings. The van der Waals surface area contributed by atoms with E-state index < -0.39 is 5.56 Å². The fourth-order valence-electron chi connectivity index (χ4n) is 4.00. The number of para-hydroxylation sites is 1. The molecule has 1 aliphatic rings. The number of fused-ring (bicyclic) bond motifs is 1. The number of rotatable bonds is 4. The van der Waals surface area contributed by atoms with Gasteiger partial charge in [0.2, 0.25) is 5.88 Å². The van der Waals surface area contributed by atoms with Crippen molar-refractivity contribution in [3.8, 4) is 5.88 Å². The second kappa shape index (κ2) is 6.86. The van der Waals surface area contributed by atoms with E-state index in [-0.39, 0.29) is 23.7 Å². The molecule has 1 saturated carbocycles. The second-order valence-corrected chi connectivity index (χ2v) is 7.19. The minimum absolute atomic E-state index is 0.141. The van der Waals surface area contributed by atoms with Crippen molar-refractivity contribution in [3.63, 3.8) is 0 Å². The van der Waals surface area contributed by atoms with Crippen molar-refractivity contribution in [1.82, 2.24) is 14.7 Å². The zero-order valence-electron chi connectivity index (χ0n) is 14.6. The van der Waals surface area contributed by atoms with Gasteiger partial charge in [-0.2, -0.15) is 0 Å². The van der Waals surface area contributed by atoms with E-state index in [0.29, 0.717) is 17.1 Å². The summed E-state index contributed by atoms with van der Waals surface area (Å²) < 4.78 is 0.598. The van der Waals surface area contributed by atoms with E-state index in [1.54, 1.807) is 0 Å². The molecule has 1 aliphatic carbocycles. The van der Waals surface area contributed by atoms with Gasteiger partial charge in [0.15, 0.2) is 0 Å². The van der Waals surface area contributed by atoms with E-state index in [1.807, 2.05) is 30.5 Å². The van der Waals surface area contributed by atoms with Crippen LogP contribution in [0, 0.1) is 5.92 Å². The van der Waals surface area contributed by atoms with Crippen LogP contribution in [0.5, 0.6) is 5.88 Å². The lowest BCUT2D eigenvalue weighted by molar-refractivity contribution is 0.152. The minimum Gasteiger partial charge on any atom is -0.492 e. The van der Waals surface area contributed by atoms with E-state index >= 15 is 0 Å². The molecule has 0 unspecified atom stereocenters. The summed E-state index contributed by atoms with van der Waals surface area (Å²) in [5.74, 6) is 0.140. The molecule has 26 heavy (non-hydrogen) atoms. The number of nitrogens with zero attached hydrogens (tertiary/aromatic N) is 2. The smallest absolute Gasteiger partial charge is 0.305 e. The Balaban J connectivity index is 1.64. The highest BCUT2D eigenvalue weighted by molar-refractivity contribution is 5.83. The molecule has 2 aromatic heterocycles. The lowest BCUT2D eigenvalue weighted by Crippen LogP contribution is -2.28. The van der Waals surface area contributed by atoms with Gasteiger partial charge in [0.1, 0.15) is 11.4 Å². The summed E-state index contributed by atoms with van der Waals surface area (Å²) in [6.45, 7) is 0. The molecule has 0 bridgehead atoms. The van der Waals surface area contributed by atoms with Gasteiger partial charge in [-0.15, -0.1) is 4.73 Å². The Morgan fingerprint density at radius 1 is 1.19 bits per heavy atom. The molecule has 3 N–H and O–H groups in total. The van der Waals surface area contributed by atoms with Crippen LogP contribution >= 0.6 is 0 Å². The van der Waals surface area contributed by atoms with E-state index in [2.05, 4.69) is 9.97 Å². The van der Waals surface area contributed by atoms with Gasteiger partial charge in [0, 0.05) is 23.5 Å². The second-order valence-electron chi connectivity index (χ2n) is 7.19. The molecule has 0 amide bonds. The number of aromatic amines is 1. The van der Waals surface area contributed by atoms with Crippen molar-refractivity contribution in [2.45, 2.75) is 44.9 Å². The molecule has 1 aromatic carbocycles. The SMILES string of the molecule is O=c1c(Cc2c[nH]c3ccccc23)nc(O)c(CC2CCCCC2)n1O. The highest BCUT2D eigenvalue weighted by atomic mass is 16.5. The number of aromatic hydroxyl groups is 1. The number of nitrogens with one attached hydrogen (secondary N) is 1. The molecule has 3 aromatic rings. The van der Waals surface area contributed by atoms with E-state index in [1.165, 1.54) is 6.42 Å². The van der Waals surface area contributed by atoms with Gasteiger partial charge in [-0.25, -0.2) is 4.98 Å². The van der Waals surface area contributed by atoms with Gasteiger partial charge in [0.05, 0.1) is 0 Å². The molecule has 136 valence electrons. The zero-order valence-corrected chi connectivity index (χ0v) is 14.6. The first-order chi connectivity index (χ1) is 12.6. The standard InChI is InChI=1S/C20H23N3O3/c24-19-18(10-13-6-2-1-3-7-13)23(26)20(25)17(22-19)11-14-12-21-16-9-5-4-8-15(14)16/h4-5,8-9,12-13,21,24,26H,1-3,6-7,10-11H2. The third kappa shape index (κ3) is 3.07. The molecule has 2 heterocycles. The maximum absolute atomic E-state index is 12.6. The van der Waals surface area contributed by atoms with Crippen LogP contribution in [0.3, 0.4) is 0 Å². The summed E-state index contributed by atoms with van der Waals surface area (Å²) in [7, 11) is 0. The molecule has 0 atom stereocenters. The van der Waals surface area contributed by atoms with Crippen LogP contribution in [0.15, 0.2) is 35.3 Å². The third-order valence-corrected chi connectivity index (χ3v) is 5.43. The lowest BCUT2D eigenvalue weighted by Gasteiger charge is -2.22. The number of benzene rings is 1. The predicted octanol–water partition coefficient (Wildman–Crippen LogP) is 3.38. The topological polar surface area (TPSA) is 91.1 Å². The normalized spacial score (nSPS) is 15.5. The van der Waals surface area contributed by atoms with Crippen molar-refractivity contribution in [2.75, 3.05) is 0 Å². The Kier molecular flexibility index (Phi) is 4.41. The number of H-pyrrole nitrogens is 1. The van der Waals surface area contributed by atoms with E-state index in [4.69, 9.17) is 0 Å². The maximum atomic E-state index is 12.6. The van der Waals surface area contributed by atoms with Crippen LogP contribution < -0.4 is 5.56 Å². The molecule has 6 nitrogen and oxygen atoms in total. The van der Waals surface area contributed by atoms with Gasteiger partial charge in [-0.3, -0.25) is 4.79 Å². The molecular formula is C20H23N3O3. The maximum Gasteiger partial charge on any atom is 0.305 e. The quantitative estimate of drug-likeness (QED) is 0.627. The monoisotopic (exact) mass is 353 g/mol. The summed E-state index contributed by atoms with van der Waals surface area (Å²) in [6.07, 6.45) is 8.24. The fraction of sp³-hybridized carbons (Fsp3) is 0.400. The van der Waals surface area contributed by atoms with E-state index in [9.17, 15) is 15.1 Å². The molecular weight excluding hydrogens is 330 g/mol. The Hall–Kier alpha value is -2.76. The average molecular weight is 353 g/mol. The average Bonchev–Trinajstić information content (AvgIpc) is 3.07. The Bertz CT molecular complexity index is 984. The lowest BCUT2D eigenvalue weighted by atomic mass is 9.86. The van der Waals surface area contributed by atoms with Crippen molar-refractivity contribution in [3.05, 3.63) is 57.8 Å². The molecule has 0 spiro atoms. The Morgan fingerprint density at radius 2 is 1.96 bits per heavy atom. The number of hydrogen-bond donors (Lipinski definition) is 3. The highest BCUT2D eigenvalue weighted by Crippen LogP contribution is 2.28. The van der Waals surface area contributed by atoms with Gasteiger partial charge in [-0.05, 0) is 24.0 Å². The zero-order chi connectivity index (χ0) is 18.1. The summed E-state index contributed by atoms with van der Waals surface area (Å²) >= 11 is 0. The van der Waals surface area contributed by atoms with Gasteiger partial charge >= 0.3 is 5.56 Å². The van der Waals surface area contributed by atoms with Crippen molar-refractivity contribution in [2.24, 2.45) is 5.92 Å². The van der Waals surface area contributed by atoms with Gasteiger partial charge in [-0.1, -0.05) is 50.3 Å². The van der Waals surface area contributed by atoms with Crippen LogP contribution in [-0.4, -0.2) is 25.0 Å². The van der Waals surface area contributed by atoms with Crippen LogP contribution in [-0.2, 0) is 12.8 Å². The van der Waals surface area contributed by atoms with E-state index in [0.717, 1.165) is 42.1 Å². The van der Waals surface area contributed by atoms with Crippen LogP contribution in [0.25, 0.3) is 10.9 Å². The Labute approximate surface area is 151 Å². The molecule has 0 saturated heterocycles. The van der Waals surface area contributed by atoms with Crippen molar-refractivity contribution < 1.29 is 10.3 Å². The first-order valence-electron chi connectivity index (χ1n) is 9.21. The first kappa shape index (κ1) is 16.7. The summed E-state index contributed by atoms with van der Waals surface area (Å²) in [5.41, 5.74) is 1.69. The predicted molar refractivity (Wildman–Crippen MR) is 98.7 cm³/mol. The molecule has 4 rings (SSSR count). The summed E-state index contributed by atoms with van der Waals surface area (Å²) in [5, 5.41) is 21.7. The fourth-order valence-corrected chi connectivity index (χ4v) is 4.00. The van der Waals surface area contributed by atoms with Crippen LogP contribution in [0.1, 0.15) is 49.1 Å². The molecule has 0 aliphatic heterocycles. The van der Waals surface area contributed by atoms with Gasteiger partial charge in [0.25, 0.3) is 0 Å². The minimum atomic E-state index is -0.557. The number of hydrogen-bond acceptors (Lipinski definition) is 4. The third-order valence-electron chi connectivity index (χ3n) is 5.43. The van der Waals surface area contributed by atoms with Crippen LogP contribution in [0.2, 0.25) is 0 Å².